The lowest BCUT2D eigenvalue weighted by Gasteiger charge is -2.26. The largest absolute Gasteiger partial charge is 0.497 e. The second-order valence-electron chi connectivity index (χ2n) is 7.62. The Labute approximate surface area is 190 Å². The van der Waals surface area contributed by atoms with Gasteiger partial charge in [-0.25, -0.2) is 9.87 Å². The SMILES string of the molecule is COc1ccc(C(N[C@H](C)c2ccc(F)cc2)c2c(ONc3ccccc3)c(=O)c2=O)cc1. The molecule has 0 aliphatic carbocycles. The van der Waals surface area contributed by atoms with Crippen molar-refractivity contribution in [3.05, 3.63) is 122 Å². The van der Waals surface area contributed by atoms with Gasteiger partial charge >= 0.3 is 0 Å². The van der Waals surface area contributed by atoms with Crippen LogP contribution < -0.4 is 31.2 Å². The van der Waals surface area contributed by atoms with Crippen LogP contribution in [0.1, 0.15) is 35.7 Å². The summed E-state index contributed by atoms with van der Waals surface area (Å²) in [6.07, 6.45) is 0. The molecule has 33 heavy (non-hydrogen) atoms. The highest BCUT2D eigenvalue weighted by Gasteiger charge is 2.32. The van der Waals surface area contributed by atoms with E-state index in [1.165, 1.54) is 12.1 Å². The monoisotopic (exact) mass is 446 g/mol. The van der Waals surface area contributed by atoms with Gasteiger partial charge < -0.3 is 9.57 Å². The zero-order valence-electron chi connectivity index (χ0n) is 18.2. The average Bonchev–Trinajstić information content (AvgIpc) is 2.86. The molecule has 2 N–H and O–H groups in total. The molecule has 0 radical (unpaired) electrons. The van der Waals surface area contributed by atoms with Crippen LogP contribution in [0.15, 0.2) is 88.5 Å². The van der Waals surface area contributed by atoms with Gasteiger partial charge in [-0.1, -0.05) is 42.5 Å². The second kappa shape index (κ2) is 9.67. The van der Waals surface area contributed by atoms with Gasteiger partial charge in [0.1, 0.15) is 11.6 Å². The van der Waals surface area contributed by atoms with Crippen LogP contribution in [0.2, 0.25) is 0 Å². The number of nitrogens with one attached hydrogen (secondary N) is 2. The lowest BCUT2D eigenvalue weighted by atomic mass is 9.92. The van der Waals surface area contributed by atoms with E-state index in [0.29, 0.717) is 11.4 Å². The normalized spacial score (nSPS) is 12.8. The quantitative estimate of drug-likeness (QED) is 0.295. The number of hydrogen-bond acceptors (Lipinski definition) is 6. The van der Waals surface area contributed by atoms with Crippen LogP contribution >= 0.6 is 0 Å². The molecule has 2 atom stereocenters. The predicted molar refractivity (Wildman–Crippen MR) is 125 cm³/mol. The van der Waals surface area contributed by atoms with Gasteiger partial charge in [0.2, 0.25) is 11.2 Å². The highest BCUT2D eigenvalue weighted by atomic mass is 19.1. The summed E-state index contributed by atoms with van der Waals surface area (Å²) < 4.78 is 18.6. The molecule has 0 fully saturated rings. The lowest BCUT2D eigenvalue weighted by molar-refractivity contribution is 0.379. The maximum atomic E-state index is 13.4. The van der Waals surface area contributed by atoms with Crippen molar-refractivity contribution >= 4 is 5.69 Å². The number of benzene rings is 3. The van der Waals surface area contributed by atoms with Gasteiger partial charge in [-0.2, -0.15) is 0 Å². The van der Waals surface area contributed by atoms with Crippen LogP contribution in [0.4, 0.5) is 10.1 Å². The maximum Gasteiger partial charge on any atom is 0.271 e. The fourth-order valence-corrected chi connectivity index (χ4v) is 3.61. The van der Waals surface area contributed by atoms with Crippen molar-refractivity contribution in [2.24, 2.45) is 0 Å². The molecule has 0 aliphatic heterocycles. The summed E-state index contributed by atoms with van der Waals surface area (Å²) in [6, 6.07) is 21.5. The van der Waals surface area contributed by atoms with E-state index in [-0.39, 0.29) is 23.2 Å². The predicted octanol–water partition coefficient (Wildman–Crippen LogP) is 4.28. The standard InChI is InChI=1S/C26H23FN2O4/c1-16(17-8-12-19(27)13-9-17)28-23(18-10-14-21(32-2)15-11-18)22-24(30)25(31)26(22)33-29-20-6-4-3-5-7-20/h3-16,23,28-29H,1-2H3/t16-,23?/m1/s1. The van der Waals surface area contributed by atoms with Gasteiger partial charge in [0.15, 0.2) is 0 Å². The molecule has 1 unspecified atom stereocenters. The summed E-state index contributed by atoms with van der Waals surface area (Å²) in [5.74, 6) is 0.294. The minimum atomic E-state index is -0.692. The van der Waals surface area contributed by atoms with E-state index in [9.17, 15) is 14.0 Å². The van der Waals surface area contributed by atoms with Crippen LogP contribution in [0, 0.1) is 5.82 Å². The molecular formula is C26H23FN2O4. The molecule has 0 saturated heterocycles. The first-order chi connectivity index (χ1) is 16.0. The summed E-state index contributed by atoms with van der Waals surface area (Å²) in [6.45, 7) is 1.90. The molecule has 0 amide bonds. The fraction of sp³-hybridized carbons (Fsp3) is 0.154. The van der Waals surface area contributed by atoms with Crippen molar-refractivity contribution < 1.29 is 14.0 Å². The number of rotatable bonds is 9. The molecule has 6 nitrogen and oxygen atoms in total. The van der Waals surface area contributed by atoms with E-state index in [2.05, 4.69) is 10.8 Å². The molecular weight excluding hydrogens is 423 g/mol. The smallest absolute Gasteiger partial charge is 0.271 e. The fourth-order valence-electron chi connectivity index (χ4n) is 3.61. The van der Waals surface area contributed by atoms with Crippen molar-refractivity contribution in [3.8, 4) is 11.5 Å². The topological polar surface area (TPSA) is 76.7 Å². The molecule has 4 aromatic carbocycles. The number of halogens is 1. The first kappa shape index (κ1) is 22.2. The molecule has 0 heterocycles. The maximum absolute atomic E-state index is 13.4. The Bertz CT molecular complexity index is 1280. The Kier molecular flexibility index (Phi) is 6.51. The molecule has 0 aromatic heterocycles. The van der Waals surface area contributed by atoms with Crippen molar-refractivity contribution in [3.63, 3.8) is 0 Å². The van der Waals surface area contributed by atoms with Crippen LogP contribution in [-0.2, 0) is 0 Å². The average molecular weight is 446 g/mol. The van der Waals surface area contributed by atoms with Gasteiger partial charge in [0.05, 0.1) is 24.4 Å². The van der Waals surface area contributed by atoms with Crippen LogP contribution in [0.25, 0.3) is 0 Å². The van der Waals surface area contributed by atoms with Crippen LogP contribution in [-0.4, -0.2) is 7.11 Å². The number of ether oxygens (including phenoxy) is 1. The summed E-state index contributed by atoms with van der Waals surface area (Å²) in [4.78, 5) is 30.6. The van der Waals surface area contributed by atoms with E-state index in [1.54, 1.807) is 43.5 Å². The number of anilines is 1. The van der Waals surface area contributed by atoms with Crippen molar-refractivity contribution in [1.29, 1.82) is 0 Å². The van der Waals surface area contributed by atoms with Crippen LogP contribution in [0.3, 0.4) is 0 Å². The Morgan fingerprint density at radius 2 is 1.45 bits per heavy atom. The minimum Gasteiger partial charge on any atom is -0.497 e. The molecule has 168 valence electrons. The molecule has 0 saturated carbocycles. The minimum absolute atomic E-state index is 0.0384. The summed E-state index contributed by atoms with van der Waals surface area (Å²) in [7, 11) is 1.57. The van der Waals surface area contributed by atoms with Crippen molar-refractivity contribution in [2.45, 2.75) is 19.0 Å². The number of hydrogen-bond donors (Lipinski definition) is 2. The first-order valence-electron chi connectivity index (χ1n) is 10.4. The third-order valence-corrected chi connectivity index (χ3v) is 5.47. The lowest BCUT2D eigenvalue weighted by Crippen LogP contribution is -2.43. The summed E-state index contributed by atoms with van der Waals surface area (Å²) >= 11 is 0. The molecule has 4 aromatic rings. The zero-order chi connectivity index (χ0) is 23.4. The Morgan fingerprint density at radius 3 is 2.09 bits per heavy atom. The third-order valence-electron chi connectivity index (χ3n) is 5.47. The summed E-state index contributed by atoms with van der Waals surface area (Å²) in [5, 5.41) is 3.39. The van der Waals surface area contributed by atoms with Gasteiger partial charge in [-0.05, 0) is 54.4 Å². The van der Waals surface area contributed by atoms with E-state index < -0.39 is 16.9 Å². The third kappa shape index (κ3) is 4.78. The van der Waals surface area contributed by atoms with Crippen molar-refractivity contribution in [1.82, 2.24) is 5.32 Å². The van der Waals surface area contributed by atoms with E-state index in [0.717, 1.165) is 11.1 Å². The molecule has 0 aliphatic rings. The van der Waals surface area contributed by atoms with E-state index >= 15 is 0 Å². The van der Waals surface area contributed by atoms with E-state index in [1.807, 2.05) is 37.3 Å². The van der Waals surface area contributed by atoms with Gasteiger partial charge in [-0.3, -0.25) is 14.9 Å². The molecule has 4 rings (SSSR count). The first-order valence-corrected chi connectivity index (χ1v) is 10.4. The van der Waals surface area contributed by atoms with E-state index in [4.69, 9.17) is 9.57 Å². The molecule has 0 spiro atoms. The summed E-state index contributed by atoms with van der Waals surface area (Å²) in [5.41, 5.74) is 3.87. The Morgan fingerprint density at radius 1 is 0.818 bits per heavy atom. The number of para-hydroxylation sites is 1. The van der Waals surface area contributed by atoms with Gasteiger partial charge in [-0.15, -0.1) is 0 Å². The highest BCUT2D eigenvalue weighted by Crippen LogP contribution is 2.31. The van der Waals surface area contributed by atoms with Gasteiger partial charge in [0.25, 0.3) is 5.43 Å². The van der Waals surface area contributed by atoms with Crippen LogP contribution in [0.5, 0.6) is 11.5 Å². The second-order valence-corrected chi connectivity index (χ2v) is 7.62. The van der Waals surface area contributed by atoms with Gasteiger partial charge in [0, 0.05) is 6.04 Å². The zero-order valence-corrected chi connectivity index (χ0v) is 18.2. The highest BCUT2D eigenvalue weighted by molar-refractivity contribution is 5.49. The Balaban J connectivity index is 1.67. The Hall–Kier alpha value is -3.97. The molecule has 0 bridgehead atoms. The van der Waals surface area contributed by atoms with Crippen molar-refractivity contribution in [2.75, 3.05) is 12.6 Å². The molecule has 7 heteroatoms. The number of methoxy groups -OCH3 is 1.